The Labute approximate surface area is 115 Å². The summed E-state index contributed by atoms with van der Waals surface area (Å²) in [5, 5.41) is 12.8. The zero-order valence-electron chi connectivity index (χ0n) is 10.9. The van der Waals surface area contributed by atoms with Gasteiger partial charge in [0.15, 0.2) is 5.82 Å². The molecule has 104 valence electrons. The van der Waals surface area contributed by atoms with Crippen LogP contribution >= 0.6 is 0 Å². The van der Waals surface area contributed by atoms with Gasteiger partial charge < -0.3 is 14.4 Å². The molecule has 1 heterocycles. The van der Waals surface area contributed by atoms with E-state index in [-0.39, 0.29) is 11.8 Å². The number of carbonyl (C=O) groups is 1. The van der Waals surface area contributed by atoms with Crippen LogP contribution in [0.15, 0.2) is 28.8 Å². The summed E-state index contributed by atoms with van der Waals surface area (Å²) in [5.74, 6) is 0.459. The number of rotatable bonds is 5. The number of ether oxygens (including phenoxy) is 1. The zero-order chi connectivity index (χ0) is 14.1. The lowest BCUT2D eigenvalue weighted by Crippen LogP contribution is -1.99. The largest absolute Gasteiger partial charge is 0.497 e. The Morgan fingerprint density at radius 3 is 3.10 bits per heavy atom. The molecule has 1 saturated carbocycles. The molecule has 0 aliphatic heterocycles. The van der Waals surface area contributed by atoms with Crippen LogP contribution in [0.5, 0.6) is 5.75 Å². The lowest BCUT2D eigenvalue weighted by Gasteiger charge is -2.01. The number of aliphatic carboxylic acids is 1. The molecule has 0 saturated heterocycles. The second-order valence-corrected chi connectivity index (χ2v) is 4.86. The summed E-state index contributed by atoms with van der Waals surface area (Å²) in [6, 6.07) is 7.63. The number of hydrogen-bond donors (Lipinski definition) is 1. The van der Waals surface area contributed by atoms with Gasteiger partial charge in [0.25, 0.3) is 0 Å². The van der Waals surface area contributed by atoms with Crippen molar-refractivity contribution in [3.05, 3.63) is 41.5 Å². The van der Waals surface area contributed by atoms with Gasteiger partial charge in [0.05, 0.1) is 18.9 Å². The number of aromatic nitrogens is 2. The van der Waals surface area contributed by atoms with Gasteiger partial charge in [-0.1, -0.05) is 17.3 Å². The van der Waals surface area contributed by atoms with Crippen molar-refractivity contribution in [2.45, 2.75) is 18.8 Å². The smallest absolute Gasteiger partial charge is 0.307 e. The maximum atomic E-state index is 10.8. The first kappa shape index (κ1) is 12.7. The predicted molar refractivity (Wildman–Crippen MR) is 68.6 cm³/mol. The van der Waals surface area contributed by atoms with Gasteiger partial charge in [-0.15, -0.1) is 0 Å². The van der Waals surface area contributed by atoms with Crippen molar-refractivity contribution in [2.75, 3.05) is 7.11 Å². The first-order valence-electron chi connectivity index (χ1n) is 6.35. The second kappa shape index (κ2) is 4.96. The molecule has 6 nitrogen and oxygen atoms in total. The molecule has 1 aromatic heterocycles. The Balaban J connectivity index is 1.70. The van der Waals surface area contributed by atoms with Crippen LogP contribution in [0.25, 0.3) is 0 Å². The third-order valence-electron chi connectivity index (χ3n) is 3.41. The Morgan fingerprint density at radius 1 is 1.55 bits per heavy atom. The summed E-state index contributed by atoms with van der Waals surface area (Å²) in [4.78, 5) is 15.1. The molecule has 6 heteroatoms. The molecule has 0 spiro atoms. The lowest BCUT2D eigenvalue weighted by molar-refractivity contribution is -0.138. The highest BCUT2D eigenvalue weighted by Gasteiger charge is 2.48. The first-order chi connectivity index (χ1) is 9.67. The van der Waals surface area contributed by atoms with Crippen molar-refractivity contribution in [1.82, 2.24) is 10.1 Å². The molecule has 0 amide bonds. The molecule has 1 fully saturated rings. The SMILES string of the molecule is COc1cccc(Cc2noc(C3CC3C(=O)O)n2)c1. The third-order valence-corrected chi connectivity index (χ3v) is 3.41. The van der Waals surface area contributed by atoms with E-state index < -0.39 is 5.97 Å². The molecule has 1 aromatic carbocycles. The summed E-state index contributed by atoms with van der Waals surface area (Å²) in [7, 11) is 1.62. The van der Waals surface area contributed by atoms with E-state index in [1.807, 2.05) is 24.3 Å². The van der Waals surface area contributed by atoms with E-state index >= 15 is 0 Å². The predicted octanol–water partition coefficient (Wildman–Crippen LogP) is 1.86. The summed E-state index contributed by atoms with van der Waals surface area (Å²) in [6.45, 7) is 0. The average Bonchev–Trinajstić information content (AvgIpc) is 3.13. The van der Waals surface area contributed by atoms with E-state index in [2.05, 4.69) is 10.1 Å². The van der Waals surface area contributed by atoms with E-state index in [1.165, 1.54) is 0 Å². The summed E-state index contributed by atoms with van der Waals surface area (Å²) in [6.07, 6.45) is 1.11. The Morgan fingerprint density at radius 2 is 2.40 bits per heavy atom. The summed E-state index contributed by atoms with van der Waals surface area (Å²) in [5.41, 5.74) is 1.02. The molecule has 2 aromatic rings. The minimum atomic E-state index is -0.803. The monoisotopic (exact) mass is 274 g/mol. The van der Waals surface area contributed by atoms with Crippen molar-refractivity contribution in [3.63, 3.8) is 0 Å². The molecule has 2 atom stereocenters. The van der Waals surface area contributed by atoms with E-state index in [4.69, 9.17) is 14.4 Å². The van der Waals surface area contributed by atoms with Crippen molar-refractivity contribution in [1.29, 1.82) is 0 Å². The van der Waals surface area contributed by atoms with Crippen molar-refractivity contribution < 1.29 is 19.2 Å². The fourth-order valence-electron chi connectivity index (χ4n) is 2.20. The lowest BCUT2D eigenvalue weighted by atomic mass is 10.1. The number of carboxylic acid groups (broad SMARTS) is 1. The van der Waals surface area contributed by atoms with E-state index in [9.17, 15) is 4.79 Å². The highest BCUT2D eigenvalue weighted by atomic mass is 16.5. The van der Waals surface area contributed by atoms with Crippen molar-refractivity contribution in [3.8, 4) is 5.75 Å². The topological polar surface area (TPSA) is 85.5 Å². The fourth-order valence-corrected chi connectivity index (χ4v) is 2.20. The van der Waals surface area contributed by atoms with Crippen LogP contribution in [-0.2, 0) is 11.2 Å². The van der Waals surface area contributed by atoms with Crippen LogP contribution in [-0.4, -0.2) is 28.3 Å². The summed E-state index contributed by atoms with van der Waals surface area (Å²) < 4.78 is 10.3. The molecular formula is C14H14N2O4. The zero-order valence-corrected chi connectivity index (χ0v) is 10.9. The van der Waals surface area contributed by atoms with Gasteiger partial charge in [-0.2, -0.15) is 4.98 Å². The maximum absolute atomic E-state index is 10.8. The van der Waals surface area contributed by atoms with E-state index in [0.717, 1.165) is 11.3 Å². The van der Waals surface area contributed by atoms with Gasteiger partial charge in [-0.25, -0.2) is 0 Å². The van der Waals surface area contributed by atoms with Gasteiger partial charge in [-0.05, 0) is 24.1 Å². The first-order valence-corrected chi connectivity index (χ1v) is 6.35. The van der Waals surface area contributed by atoms with Crippen LogP contribution < -0.4 is 4.74 Å². The molecule has 20 heavy (non-hydrogen) atoms. The van der Waals surface area contributed by atoms with Gasteiger partial charge in [0.2, 0.25) is 5.89 Å². The maximum Gasteiger partial charge on any atom is 0.307 e. The third kappa shape index (κ3) is 2.49. The molecule has 2 unspecified atom stereocenters. The summed E-state index contributed by atoms with van der Waals surface area (Å²) >= 11 is 0. The second-order valence-electron chi connectivity index (χ2n) is 4.86. The minimum absolute atomic E-state index is 0.126. The number of hydrogen-bond acceptors (Lipinski definition) is 5. The van der Waals surface area contributed by atoms with Crippen LogP contribution in [0, 0.1) is 5.92 Å². The van der Waals surface area contributed by atoms with E-state index in [0.29, 0.717) is 24.6 Å². The highest BCUT2D eigenvalue weighted by Crippen LogP contribution is 2.46. The highest BCUT2D eigenvalue weighted by molar-refractivity contribution is 5.74. The Kier molecular flexibility index (Phi) is 3.14. The van der Waals surface area contributed by atoms with Crippen LogP contribution in [0.4, 0.5) is 0 Å². The number of carboxylic acids is 1. The fraction of sp³-hybridized carbons (Fsp3) is 0.357. The normalized spacial score (nSPS) is 20.6. The van der Waals surface area contributed by atoms with Gasteiger partial charge in [0, 0.05) is 6.42 Å². The Bertz CT molecular complexity index is 638. The van der Waals surface area contributed by atoms with Gasteiger partial charge in [-0.3, -0.25) is 4.79 Å². The van der Waals surface area contributed by atoms with Crippen LogP contribution in [0.3, 0.4) is 0 Å². The van der Waals surface area contributed by atoms with Crippen molar-refractivity contribution >= 4 is 5.97 Å². The standard InChI is InChI=1S/C14H14N2O4/c1-19-9-4-2-3-8(5-9)6-12-15-13(20-16-12)10-7-11(10)14(17)18/h2-5,10-11H,6-7H2,1H3,(H,17,18). The average molecular weight is 274 g/mol. The molecule has 1 aliphatic rings. The molecule has 1 aliphatic carbocycles. The van der Waals surface area contributed by atoms with E-state index in [1.54, 1.807) is 7.11 Å². The molecule has 3 rings (SSSR count). The molecular weight excluding hydrogens is 260 g/mol. The van der Waals surface area contributed by atoms with Crippen LogP contribution in [0.2, 0.25) is 0 Å². The molecule has 0 radical (unpaired) electrons. The quantitative estimate of drug-likeness (QED) is 0.895. The number of methoxy groups -OCH3 is 1. The molecule has 1 N–H and O–H groups in total. The van der Waals surface area contributed by atoms with Crippen LogP contribution in [0.1, 0.15) is 29.6 Å². The minimum Gasteiger partial charge on any atom is -0.497 e. The number of nitrogens with zero attached hydrogens (tertiary/aromatic N) is 2. The Hall–Kier alpha value is -2.37. The number of benzene rings is 1. The van der Waals surface area contributed by atoms with Gasteiger partial charge >= 0.3 is 5.97 Å². The van der Waals surface area contributed by atoms with Crippen molar-refractivity contribution in [2.24, 2.45) is 5.92 Å². The molecule has 0 bridgehead atoms. The van der Waals surface area contributed by atoms with Gasteiger partial charge in [0.1, 0.15) is 5.75 Å².